The van der Waals surface area contributed by atoms with Gasteiger partial charge in [-0.3, -0.25) is 4.90 Å². The van der Waals surface area contributed by atoms with Crippen LogP contribution in [-0.2, 0) is 0 Å². The second-order valence-electron chi connectivity index (χ2n) is 4.61. The zero-order valence-electron chi connectivity index (χ0n) is 9.94. The van der Waals surface area contributed by atoms with Crippen LogP contribution in [-0.4, -0.2) is 24.5 Å². The van der Waals surface area contributed by atoms with Gasteiger partial charge in [-0.15, -0.1) is 0 Å². The highest BCUT2D eigenvalue weighted by molar-refractivity contribution is 5.19. The predicted molar refractivity (Wildman–Crippen MR) is 68.3 cm³/mol. The fourth-order valence-electron chi connectivity index (χ4n) is 2.58. The van der Waals surface area contributed by atoms with Crippen molar-refractivity contribution >= 4 is 0 Å². The molecule has 0 spiro atoms. The van der Waals surface area contributed by atoms with Crippen molar-refractivity contribution in [2.45, 2.75) is 31.7 Å². The van der Waals surface area contributed by atoms with Crippen molar-refractivity contribution in [3.63, 3.8) is 0 Å². The summed E-state index contributed by atoms with van der Waals surface area (Å²) in [5.74, 6) is 0. The molecular formula is C14H22N2. The molecule has 1 atom stereocenters. The fourth-order valence-corrected chi connectivity index (χ4v) is 2.58. The van der Waals surface area contributed by atoms with E-state index in [0.717, 1.165) is 6.54 Å². The fraction of sp³-hybridized carbons (Fsp3) is 0.571. The normalized spacial score (nSPS) is 20.3. The van der Waals surface area contributed by atoms with Gasteiger partial charge in [0.05, 0.1) is 0 Å². The van der Waals surface area contributed by atoms with Gasteiger partial charge >= 0.3 is 0 Å². The Kier molecular flexibility index (Phi) is 4.37. The average Bonchev–Trinajstić information content (AvgIpc) is 2.61. The highest BCUT2D eigenvalue weighted by Gasteiger charge is 2.19. The summed E-state index contributed by atoms with van der Waals surface area (Å²) in [6, 6.07) is 11.1. The maximum absolute atomic E-state index is 5.94. The van der Waals surface area contributed by atoms with E-state index >= 15 is 0 Å². The minimum Gasteiger partial charge on any atom is -0.329 e. The molecule has 2 nitrogen and oxygen atoms in total. The van der Waals surface area contributed by atoms with Crippen molar-refractivity contribution in [2.24, 2.45) is 5.73 Å². The van der Waals surface area contributed by atoms with Gasteiger partial charge in [-0.05, 0) is 31.5 Å². The van der Waals surface area contributed by atoms with Crippen LogP contribution in [0.5, 0.6) is 0 Å². The van der Waals surface area contributed by atoms with Crippen molar-refractivity contribution < 1.29 is 0 Å². The molecule has 1 fully saturated rings. The third kappa shape index (κ3) is 2.83. The summed E-state index contributed by atoms with van der Waals surface area (Å²) in [7, 11) is 0. The number of nitrogens with two attached hydrogens (primary N) is 1. The van der Waals surface area contributed by atoms with Crippen LogP contribution in [0.1, 0.15) is 37.3 Å². The maximum atomic E-state index is 5.94. The highest BCUT2D eigenvalue weighted by Crippen LogP contribution is 2.22. The van der Waals surface area contributed by atoms with E-state index in [1.807, 2.05) is 0 Å². The summed E-state index contributed by atoms with van der Waals surface area (Å²) in [6.45, 7) is 3.14. The molecule has 2 rings (SSSR count). The molecule has 2 heteroatoms. The van der Waals surface area contributed by atoms with Gasteiger partial charge in [0.2, 0.25) is 0 Å². The molecule has 1 aliphatic rings. The van der Waals surface area contributed by atoms with Crippen LogP contribution in [0.3, 0.4) is 0 Å². The first-order valence-electron chi connectivity index (χ1n) is 6.41. The molecule has 0 saturated carbocycles. The van der Waals surface area contributed by atoms with E-state index in [4.69, 9.17) is 5.73 Å². The highest BCUT2D eigenvalue weighted by atomic mass is 15.2. The molecule has 1 saturated heterocycles. The van der Waals surface area contributed by atoms with E-state index < -0.39 is 0 Å². The van der Waals surface area contributed by atoms with E-state index in [2.05, 4.69) is 35.2 Å². The van der Waals surface area contributed by atoms with Crippen molar-refractivity contribution in [3.05, 3.63) is 35.9 Å². The molecule has 2 N–H and O–H groups in total. The Morgan fingerprint density at radius 1 is 1.00 bits per heavy atom. The third-order valence-corrected chi connectivity index (χ3v) is 3.49. The molecule has 0 aromatic heterocycles. The van der Waals surface area contributed by atoms with E-state index in [1.165, 1.54) is 44.3 Å². The molecule has 1 aromatic rings. The molecular weight excluding hydrogens is 196 g/mol. The standard InChI is InChI=1S/C14H22N2/c15-12-14(13-8-4-3-5-9-13)16-10-6-1-2-7-11-16/h3-5,8-9,14H,1-2,6-7,10-12,15H2/t14-/m1/s1. The second-order valence-corrected chi connectivity index (χ2v) is 4.61. The summed E-state index contributed by atoms with van der Waals surface area (Å²) in [5, 5.41) is 0. The molecule has 0 bridgehead atoms. The first-order valence-corrected chi connectivity index (χ1v) is 6.41. The number of hydrogen-bond acceptors (Lipinski definition) is 2. The van der Waals surface area contributed by atoms with Crippen LogP contribution < -0.4 is 5.73 Å². The maximum Gasteiger partial charge on any atom is 0.0470 e. The molecule has 88 valence electrons. The number of likely N-dealkylation sites (tertiary alicyclic amines) is 1. The van der Waals surface area contributed by atoms with Gasteiger partial charge in [-0.2, -0.15) is 0 Å². The van der Waals surface area contributed by atoms with Crippen molar-refractivity contribution in [1.82, 2.24) is 4.90 Å². The van der Waals surface area contributed by atoms with Crippen LogP contribution in [0, 0.1) is 0 Å². The molecule has 16 heavy (non-hydrogen) atoms. The van der Waals surface area contributed by atoms with Crippen LogP contribution in [0.4, 0.5) is 0 Å². The van der Waals surface area contributed by atoms with Gasteiger partial charge < -0.3 is 5.73 Å². The largest absolute Gasteiger partial charge is 0.329 e. The molecule has 1 heterocycles. The van der Waals surface area contributed by atoms with E-state index in [-0.39, 0.29) is 0 Å². The lowest BCUT2D eigenvalue weighted by Gasteiger charge is -2.30. The van der Waals surface area contributed by atoms with Crippen LogP contribution in [0.25, 0.3) is 0 Å². The summed E-state index contributed by atoms with van der Waals surface area (Å²) in [4.78, 5) is 2.56. The lowest BCUT2D eigenvalue weighted by Crippen LogP contribution is -2.34. The lowest BCUT2D eigenvalue weighted by atomic mass is 10.1. The summed E-state index contributed by atoms with van der Waals surface area (Å²) in [6.07, 6.45) is 5.40. The molecule has 1 aliphatic heterocycles. The van der Waals surface area contributed by atoms with Gasteiger partial charge in [0.25, 0.3) is 0 Å². The minimum absolute atomic E-state index is 0.416. The van der Waals surface area contributed by atoms with Gasteiger partial charge in [0.15, 0.2) is 0 Å². The summed E-state index contributed by atoms with van der Waals surface area (Å²) in [5.41, 5.74) is 7.31. The van der Waals surface area contributed by atoms with Crippen molar-refractivity contribution in [2.75, 3.05) is 19.6 Å². The van der Waals surface area contributed by atoms with E-state index in [9.17, 15) is 0 Å². The first-order chi connectivity index (χ1) is 7.92. The monoisotopic (exact) mass is 218 g/mol. The van der Waals surface area contributed by atoms with Gasteiger partial charge in [-0.1, -0.05) is 43.2 Å². The SMILES string of the molecule is NC[C@H](c1ccccc1)N1CCCCCC1. The Labute approximate surface area is 98.4 Å². The minimum atomic E-state index is 0.416. The predicted octanol–water partition coefficient (Wildman–Crippen LogP) is 2.56. The van der Waals surface area contributed by atoms with Gasteiger partial charge in [0.1, 0.15) is 0 Å². The summed E-state index contributed by atoms with van der Waals surface area (Å²) < 4.78 is 0. The van der Waals surface area contributed by atoms with E-state index in [1.54, 1.807) is 0 Å². The zero-order valence-corrected chi connectivity index (χ0v) is 9.94. The summed E-state index contributed by atoms with van der Waals surface area (Å²) >= 11 is 0. The number of rotatable bonds is 3. The molecule has 0 aliphatic carbocycles. The van der Waals surface area contributed by atoms with Gasteiger partial charge in [0, 0.05) is 12.6 Å². The Bertz CT molecular complexity index is 289. The zero-order chi connectivity index (χ0) is 11.2. The average molecular weight is 218 g/mol. The Morgan fingerprint density at radius 3 is 2.19 bits per heavy atom. The molecule has 0 unspecified atom stereocenters. The van der Waals surface area contributed by atoms with Crippen molar-refractivity contribution in [1.29, 1.82) is 0 Å². The van der Waals surface area contributed by atoms with Crippen LogP contribution in [0.15, 0.2) is 30.3 Å². The molecule has 0 radical (unpaired) electrons. The number of nitrogens with zero attached hydrogens (tertiary/aromatic N) is 1. The smallest absolute Gasteiger partial charge is 0.0470 e. The molecule has 0 amide bonds. The second kappa shape index (κ2) is 6.02. The lowest BCUT2D eigenvalue weighted by molar-refractivity contribution is 0.210. The van der Waals surface area contributed by atoms with Crippen molar-refractivity contribution in [3.8, 4) is 0 Å². The topological polar surface area (TPSA) is 29.3 Å². The Morgan fingerprint density at radius 2 is 1.62 bits per heavy atom. The first kappa shape index (κ1) is 11.6. The number of benzene rings is 1. The van der Waals surface area contributed by atoms with Gasteiger partial charge in [-0.25, -0.2) is 0 Å². The Hall–Kier alpha value is -0.860. The number of hydrogen-bond donors (Lipinski definition) is 1. The van der Waals surface area contributed by atoms with Crippen LogP contribution in [0.2, 0.25) is 0 Å². The third-order valence-electron chi connectivity index (χ3n) is 3.49. The molecule has 1 aromatic carbocycles. The van der Waals surface area contributed by atoms with E-state index in [0.29, 0.717) is 6.04 Å². The van der Waals surface area contributed by atoms with Crippen LogP contribution >= 0.6 is 0 Å². The quantitative estimate of drug-likeness (QED) is 0.845. The Balaban J connectivity index is 2.09.